The minimum absolute atomic E-state index is 0.0966. The molecule has 4 nitrogen and oxygen atoms in total. The zero-order valence-electron chi connectivity index (χ0n) is 14.0. The second-order valence-electron chi connectivity index (χ2n) is 5.37. The highest BCUT2D eigenvalue weighted by Crippen LogP contribution is 2.20. The predicted octanol–water partition coefficient (Wildman–Crippen LogP) is 3.59. The molecule has 2 aromatic carbocycles. The molecule has 2 rings (SSSR count). The summed E-state index contributed by atoms with van der Waals surface area (Å²) in [5, 5.41) is 2.70. The third-order valence-electron chi connectivity index (χ3n) is 3.61. The highest BCUT2D eigenvalue weighted by atomic mass is 19.3. The van der Waals surface area contributed by atoms with E-state index in [2.05, 4.69) is 17.0 Å². The fourth-order valence-corrected chi connectivity index (χ4v) is 2.28. The zero-order valence-corrected chi connectivity index (χ0v) is 14.0. The summed E-state index contributed by atoms with van der Waals surface area (Å²) in [7, 11) is 0. The molecule has 0 fully saturated rings. The van der Waals surface area contributed by atoms with E-state index in [1.54, 1.807) is 18.2 Å². The molecule has 134 valence electrons. The first-order chi connectivity index (χ1) is 12.1. The van der Waals surface area contributed by atoms with Crippen molar-refractivity contribution in [2.75, 3.05) is 13.2 Å². The van der Waals surface area contributed by atoms with Crippen molar-refractivity contribution in [2.24, 2.45) is 0 Å². The molecule has 0 aliphatic rings. The number of amides is 1. The molecule has 0 heterocycles. The average Bonchev–Trinajstić information content (AvgIpc) is 2.61. The Kier molecular flexibility index (Phi) is 7.19. The number of rotatable bonds is 9. The first-order valence-corrected chi connectivity index (χ1v) is 8.09. The molecule has 1 amide bonds. The van der Waals surface area contributed by atoms with E-state index in [9.17, 15) is 13.6 Å². The van der Waals surface area contributed by atoms with Gasteiger partial charge in [-0.1, -0.05) is 37.3 Å². The molecule has 6 heteroatoms. The van der Waals surface area contributed by atoms with Crippen LogP contribution < -0.4 is 14.8 Å². The van der Waals surface area contributed by atoms with Crippen LogP contribution in [0.1, 0.15) is 18.1 Å². The maximum atomic E-state index is 12.4. The van der Waals surface area contributed by atoms with Gasteiger partial charge in [0.2, 0.25) is 0 Å². The van der Waals surface area contributed by atoms with E-state index in [4.69, 9.17) is 4.74 Å². The summed E-state index contributed by atoms with van der Waals surface area (Å²) >= 11 is 0. The van der Waals surface area contributed by atoms with E-state index < -0.39 is 6.61 Å². The average molecular weight is 349 g/mol. The molecule has 0 aliphatic carbocycles. The van der Waals surface area contributed by atoms with E-state index >= 15 is 0 Å². The van der Waals surface area contributed by atoms with Gasteiger partial charge in [-0.05, 0) is 42.2 Å². The van der Waals surface area contributed by atoms with Gasteiger partial charge in [0.1, 0.15) is 11.5 Å². The third kappa shape index (κ3) is 6.41. The van der Waals surface area contributed by atoms with Gasteiger partial charge < -0.3 is 14.8 Å². The van der Waals surface area contributed by atoms with E-state index in [0.717, 1.165) is 6.42 Å². The van der Waals surface area contributed by atoms with Gasteiger partial charge in [-0.15, -0.1) is 0 Å². The number of hydrogen-bond acceptors (Lipinski definition) is 3. The lowest BCUT2D eigenvalue weighted by Crippen LogP contribution is -2.30. The van der Waals surface area contributed by atoms with Crippen LogP contribution in [0, 0.1) is 0 Å². The highest BCUT2D eigenvalue weighted by Gasteiger charge is 2.09. The van der Waals surface area contributed by atoms with Crippen molar-refractivity contribution in [3.8, 4) is 11.5 Å². The Morgan fingerprint density at radius 2 is 1.84 bits per heavy atom. The molecule has 0 saturated carbocycles. The van der Waals surface area contributed by atoms with Crippen LogP contribution in [0.5, 0.6) is 11.5 Å². The van der Waals surface area contributed by atoms with Crippen molar-refractivity contribution in [3.63, 3.8) is 0 Å². The summed E-state index contributed by atoms with van der Waals surface area (Å²) in [6.07, 6.45) is 1.33. The molecule has 0 unspecified atom stereocenters. The molecule has 0 aliphatic heterocycles. The first kappa shape index (κ1) is 18.7. The molecule has 1 N–H and O–H groups in total. The normalized spacial score (nSPS) is 10.6. The number of hydrogen-bond donors (Lipinski definition) is 1. The molecule has 0 saturated heterocycles. The fraction of sp³-hybridized carbons (Fsp3) is 0.316. The second kappa shape index (κ2) is 9.61. The number of halogens is 2. The molecule has 0 bridgehead atoms. The maximum absolute atomic E-state index is 12.4. The summed E-state index contributed by atoms with van der Waals surface area (Å²) in [6, 6.07) is 14.1. The molecule has 0 aromatic heterocycles. The standard InChI is InChI=1S/C19H21F2NO3/c1-2-14-7-9-16(10-8-14)24-13-18(23)22-12-11-15-5-3-4-6-17(15)25-19(20)21/h3-10,19H,2,11-13H2,1H3,(H,22,23). The van der Waals surface area contributed by atoms with Crippen molar-refractivity contribution in [2.45, 2.75) is 26.4 Å². The van der Waals surface area contributed by atoms with Gasteiger partial charge in [-0.25, -0.2) is 0 Å². The SMILES string of the molecule is CCc1ccc(OCC(=O)NCCc2ccccc2OC(F)F)cc1. The number of nitrogens with one attached hydrogen (secondary N) is 1. The van der Waals surface area contributed by atoms with Gasteiger partial charge in [0.15, 0.2) is 6.61 Å². The summed E-state index contributed by atoms with van der Waals surface area (Å²) in [5.41, 5.74) is 1.81. The van der Waals surface area contributed by atoms with Crippen LogP contribution in [0.3, 0.4) is 0 Å². The summed E-state index contributed by atoms with van der Waals surface area (Å²) in [5.74, 6) is 0.480. The third-order valence-corrected chi connectivity index (χ3v) is 3.61. The zero-order chi connectivity index (χ0) is 18.1. The Bertz CT molecular complexity index is 675. The lowest BCUT2D eigenvalue weighted by molar-refractivity contribution is -0.123. The van der Waals surface area contributed by atoms with Crippen LogP contribution in [0.25, 0.3) is 0 Å². The van der Waals surface area contributed by atoms with Gasteiger partial charge in [0.05, 0.1) is 0 Å². The summed E-state index contributed by atoms with van der Waals surface area (Å²) < 4.78 is 34.6. The Morgan fingerprint density at radius 3 is 2.52 bits per heavy atom. The number of aryl methyl sites for hydroxylation is 1. The van der Waals surface area contributed by atoms with E-state index in [1.807, 2.05) is 24.3 Å². The number of alkyl halides is 2. The monoisotopic (exact) mass is 349 g/mol. The Labute approximate surface area is 145 Å². The van der Waals surface area contributed by atoms with Crippen LogP contribution in [-0.4, -0.2) is 25.7 Å². The number of carbonyl (C=O) groups excluding carboxylic acids is 1. The van der Waals surface area contributed by atoms with Crippen LogP contribution in [0.4, 0.5) is 8.78 Å². The van der Waals surface area contributed by atoms with Gasteiger partial charge in [-0.3, -0.25) is 4.79 Å². The number of ether oxygens (including phenoxy) is 2. The fourth-order valence-electron chi connectivity index (χ4n) is 2.28. The lowest BCUT2D eigenvalue weighted by atomic mass is 10.1. The summed E-state index contributed by atoms with van der Waals surface area (Å²) in [4.78, 5) is 11.8. The summed E-state index contributed by atoms with van der Waals surface area (Å²) in [6.45, 7) is -0.599. The van der Waals surface area contributed by atoms with Gasteiger partial charge in [0, 0.05) is 6.54 Å². The molecule has 0 atom stereocenters. The highest BCUT2D eigenvalue weighted by molar-refractivity contribution is 5.77. The molecular formula is C19H21F2NO3. The largest absolute Gasteiger partial charge is 0.484 e. The lowest BCUT2D eigenvalue weighted by Gasteiger charge is -2.11. The Hall–Kier alpha value is -2.63. The first-order valence-electron chi connectivity index (χ1n) is 8.09. The molecule has 25 heavy (non-hydrogen) atoms. The Balaban J connectivity index is 1.75. The van der Waals surface area contributed by atoms with Gasteiger partial charge >= 0.3 is 6.61 Å². The van der Waals surface area contributed by atoms with Crippen LogP contribution in [0.2, 0.25) is 0 Å². The number of benzene rings is 2. The quantitative estimate of drug-likeness (QED) is 0.753. The van der Waals surface area contributed by atoms with E-state index in [1.165, 1.54) is 11.6 Å². The minimum atomic E-state index is -2.87. The van der Waals surface area contributed by atoms with E-state index in [0.29, 0.717) is 24.3 Å². The van der Waals surface area contributed by atoms with Gasteiger partial charge in [-0.2, -0.15) is 8.78 Å². The van der Waals surface area contributed by atoms with Crippen LogP contribution >= 0.6 is 0 Å². The van der Waals surface area contributed by atoms with Crippen LogP contribution in [-0.2, 0) is 17.6 Å². The van der Waals surface area contributed by atoms with Crippen molar-refractivity contribution >= 4 is 5.91 Å². The number of carbonyl (C=O) groups is 1. The minimum Gasteiger partial charge on any atom is -0.484 e. The van der Waals surface area contributed by atoms with Crippen molar-refractivity contribution in [1.29, 1.82) is 0 Å². The van der Waals surface area contributed by atoms with Gasteiger partial charge in [0.25, 0.3) is 5.91 Å². The van der Waals surface area contributed by atoms with Crippen LogP contribution in [0.15, 0.2) is 48.5 Å². The van der Waals surface area contributed by atoms with Crippen molar-refractivity contribution < 1.29 is 23.0 Å². The Morgan fingerprint density at radius 1 is 1.12 bits per heavy atom. The molecule has 0 radical (unpaired) electrons. The molecule has 2 aromatic rings. The van der Waals surface area contributed by atoms with Crippen molar-refractivity contribution in [1.82, 2.24) is 5.32 Å². The molecular weight excluding hydrogens is 328 g/mol. The topological polar surface area (TPSA) is 47.6 Å². The predicted molar refractivity (Wildman–Crippen MR) is 91.1 cm³/mol. The second-order valence-corrected chi connectivity index (χ2v) is 5.37. The number of para-hydroxylation sites is 1. The maximum Gasteiger partial charge on any atom is 0.387 e. The van der Waals surface area contributed by atoms with Crippen molar-refractivity contribution in [3.05, 3.63) is 59.7 Å². The smallest absolute Gasteiger partial charge is 0.387 e. The molecule has 0 spiro atoms. The van der Waals surface area contributed by atoms with E-state index in [-0.39, 0.29) is 18.3 Å².